The van der Waals surface area contributed by atoms with E-state index in [9.17, 15) is 10.2 Å². The molecule has 0 spiro atoms. The van der Waals surface area contributed by atoms with E-state index in [4.69, 9.17) is 0 Å². The third-order valence-electron chi connectivity index (χ3n) is 2.12. The largest absolute Gasteiger partial charge is 0.388 e. The van der Waals surface area contributed by atoms with Gasteiger partial charge in [0.15, 0.2) is 0 Å². The first-order valence-corrected chi connectivity index (χ1v) is 7.24. The molecule has 0 aliphatic carbocycles. The topological polar surface area (TPSA) is 40.5 Å². The standard InChI is InChI=1S/C8H20O2Si/c1-7(2,9)8(3,10)6-11(4)5/h9-11H,6H2,1-5H3. The molecule has 0 aromatic carbocycles. The Labute approximate surface area is 70.9 Å². The van der Waals surface area contributed by atoms with E-state index in [-0.39, 0.29) is 0 Å². The summed E-state index contributed by atoms with van der Waals surface area (Å²) in [7, 11) is -0.805. The molecular weight excluding hydrogens is 156 g/mol. The minimum atomic E-state index is -0.982. The molecule has 0 bridgehead atoms. The van der Waals surface area contributed by atoms with Crippen LogP contribution < -0.4 is 0 Å². The Morgan fingerprint density at radius 2 is 1.45 bits per heavy atom. The van der Waals surface area contributed by atoms with Crippen LogP contribution in [0, 0.1) is 0 Å². The van der Waals surface area contributed by atoms with E-state index in [0.29, 0.717) is 0 Å². The van der Waals surface area contributed by atoms with E-state index in [2.05, 4.69) is 13.1 Å². The highest BCUT2D eigenvalue weighted by Crippen LogP contribution is 2.26. The van der Waals surface area contributed by atoms with Crippen LogP contribution in [0.5, 0.6) is 0 Å². The molecule has 2 nitrogen and oxygen atoms in total. The van der Waals surface area contributed by atoms with Crippen LogP contribution in [0.25, 0.3) is 0 Å². The second-order valence-electron chi connectivity index (χ2n) is 4.43. The second kappa shape index (κ2) is 3.25. The summed E-state index contributed by atoms with van der Waals surface area (Å²) in [5.41, 5.74) is -1.91. The molecular formula is C8H20O2Si. The number of rotatable bonds is 3. The van der Waals surface area contributed by atoms with Crippen molar-refractivity contribution in [3.63, 3.8) is 0 Å². The molecule has 1 atom stereocenters. The SMILES string of the molecule is C[SiH](C)CC(C)(O)C(C)(C)O. The summed E-state index contributed by atoms with van der Waals surface area (Å²) in [5, 5.41) is 19.4. The van der Waals surface area contributed by atoms with E-state index in [0.717, 1.165) is 6.04 Å². The molecule has 0 aliphatic rings. The molecule has 0 saturated carbocycles. The zero-order chi connectivity index (χ0) is 9.28. The molecule has 3 heteroatoms. The van der Waals surface area contributed by atoms with Crippen LogP contribution >= 0.6 is 0 Å². The molecule has 2 N–H and O–H groups in total. The van der Waals surface area contributed by atoms with Crippen molar-refractivity contribution in [3.05, 3.63) is 0 Å². The lowest BCUT2D eigenvalue weighted by molar-refractivity contribution is -0.107. The third-order valence-corrected chi connectivity index (χ3v) is 3.74. The van der Waals surface area contributed by atoms with E-state index in [1.165, 1.54) is 0 Å². The van der Waals surface area contributed by atoms with Gasteiger partial charge in [0.2, 0.25) is 0 Å². The predicted octanol–water partition coefficient (Wildman–Crippen LogP) is 0.995. The number of aliphatic hydroxyl groups is 2. The van der Waals surface area contributed by atoms with E-state index in [1.54, 1.807) is 20.8 Å². The minimum Gasteiger partial charge on any atom is -0.388 e. The molecule has 0 fully saturated rings. The summed E-state index contributed by atoms with van der Waals surface area (Å²) in [6.07, 6.45) is 0. The first-order chi connectivity index (χ1) is 4.67. The second-order valence-corrected chi connectivity index (χ2v) is 7.63. The molecule has 0 radical (unpaired) electrons. The third kappa shape index (κ3) is 3.36. The van der Waals surface area contributed by atoms with Crippen LogP contribution in [0.3, 0.4) is 0 Å². The highest BCUT2D eigenvalue weighted by atomic mass is 28.3. The maximum Gasteiger partial charge on any atom is 0.0874 e. The van der Waals surface area contributed by atoms with Crippen LogP contribution in [0.1, 0.15) is 20.8 Å². The molecule has 11 heavy (non-hydrogen) atoms. The Hall–Kier alpha value is 0.137. The van der Waals surface area contributed by atoms with Crippen molar-refractivity contribution in [2.75, 3.05) is 0 Å². The molecule has 68 valence electrons. The number of hydrogen-bond acceptors (Lipinski definition) is 2. The van der Waals surface area contributed by atoms with Gasteiger partial charge in [-0.25, -0.2) is 0 Å². The molecule has 0 aliphatic heterocycles. The fourth-order valence-electron chi connectivity index (χ4n) is 1.04. The quantitative estimate of drug-likeness (QED) is 0.630. The lowest BCUT2D eigenvalue weighted by atomic mass is 9.90. The molecule has 0 saturated heterocycles. The Morgan fingerprint density at radius 1 is 1.09 bits per heavy atom. The van der Waals surface area contributed by atoms with Crippen LogP contribution in [0.15, 0.2) is 0 Å². The van der Waals surface area contributed by atoms with Gasteiger partial charge in [0, 0.05) is 8.80 Å². The highest BCUT2D eigenvalue weighted by molar-refractivity contribution is 6.56. The molecule has 0 amide bonds. The van der Waals surface area contributed by atoms with Crippen molar-refractivity contribution in [1.82, 2.24) is 0 Å². The summed E-state index contributed by atoms with van der Waals surface area (Å²) in [4.78, 5) is 0. The zero-order valence-corrected chi connectivity index (χ0v) is 9.33. The Kier molecular flexibility index (Phi) is 3.29. The van der Waals surface area contributed by atoms with Crippen LogP contribution in [-0.2, 0) is 0 Å². The lowest BCUT2D eigenvalue weighted by Gasteiger charge is -2.36. The van der Waals surface area contributed by atoms with Gasteiger partial charge in [0.05, 0.1) is 11.2 Å². The lowest BCUT2D eigenvalue weighted by Crippen LogP contribution is -2.49. The van der Waals surface area contributed by atoms with Gasteiger partial charge in [-0.05, 0) is 26.8 Å². The van der Waals surface area contributed by atoms with Gasteiger partial charge >= 0.3 is 0 Å². The van der Waals surface area contributed by atoms with Gasteiger partial charge in [-0.2, -0.15) is 0 Å². The minimum absolute atomic E-state index is 0.760. The first-order valence-electron chi connectivity index (χ1n) is 4.11. The van der Waals surface area contributed by atoms with Crippen molar-refractivity contribution in [2.45, 2.75) is 51.1 Å². The zero-order valence-electron chi connectivity index (χ0n) is 8.18. The highest BCUT2D eigenvalue weighted by Gasteiger charge is 2.37. The number of hydrogen-bond donors (Lipinski definition) is 2. The predicted molar refractivity (Wildman–Crippen MR) is 50.6 cm³/mol. The Balaban J connectivity index is 4.22. The van der Waals surface area contributed by atoms with Gasteiger partial charge < -0.3 is 10.2 Å². The van der Waals surface area contributed by atoms with Gasteiger partial charge in [-0.1, -0.05) is 13.1 Å². The van der Waals surface area contributed by atoms with Crippen molar-refractivity contribution in [1.29, 1.82) is 0 Å². The molecule has 0 aromatic heterocycles. The summed E-state index contributed by atoms with van der Waals surface area (Å²) >= 11 is 0. The monoisotopic (exact) mass is 176 g/mol. The van der Waals surface area contributed by atoms with E-state index >= 15 is 0 Å². The first kappa shape index (κ1) is 11.1. The smallest absolute Gasteiger partial charge is 0.0874 e. The molecule has 1 unspecified atom stereocenters. The van der Waals surface area contributed by atoms with Gasteiger partial charge in [0.25, 0.3) is 0 Å². The normalized spacial score (nSPS) is 18.5. The fourth-order valence-corrected chi connectivity index (χ4v) is 3.13. The van der Waals surface area contributed by atoms with Crippen LogP contribution in [-0.4, -0.2) is 30.2 Å². The molecule has 0 heterocycles. The maximum atomic E-state index is 9.81. The Morgan fingerprint density at radius 3 is 1.55 bits per heavy atom. The van der Waals surface area contributed by atoms with E-state index < -0.39 is 20.0 Å². The average Bonchev–Trinajstić information content (AvgIpc) is 1.56. The van der Waals surface area contributed by atoms with Crippen molar-refractivity contribution < 1.29 is 10.2 Å². The van der Waals surface area contributed by atoms with Crippen molar-refractivity contribution in [2.24, 2.45) is 0 Å². The average molecular weight is 176 g/mol. The molecule has 0 aromatic rings. The van der Waals surface area contributed by atoms with E-state index in [1.807, 2.05) is 0 Å². The van der Waals surface area contributed by atoms with Crippen molar-refractivity contribution in [3.8, 4) is 0 Å². The van der Waals surface area contributed by atoms with Crippen LogP contribution in [0.2, 0.25) is 19.1 Å². The van der Waals surface area contributed by atoms with Gasteiger partial charge in [-0.15, -0.1) is 0 Å². The summed E-state index contributed by atoms with van der Waals surface area (Å²) < 4.78 is 0. The maximum absolute atomic E-state index is 9.81. The fraction of sp³-hybridized carbons (Fsp3) is 1.00. The Bertz CT molecular complexity index is 125. The van der Waals surface area contributed by atoms with Crippen molar-refractivity contribution >= 4 is 8.80 Å². The van der Waals surface area contributed by atoms with Gasteiger partial charge in [-0.3, -0.25) is 0 Å². The summed E-state index contributed by atoms with van der Waals surface area (Å²) in [5.74, 6) is 0. The van der Waals surface area contributed by atoms with Gasteiger partial charge in [0.1, 0.15) is 0 Å². The summed E-state index contributed by atoms with van der Waals surface area (Å²) in [6, 6.07) is 0.760. The molecule has 0 rings (SSSR count). The summed E-state index contributed by atoms with van der Waals surface area (Å²) in [6.45, 7) is 9.36. The van der Waals surface area contributed by atoms with Crippen LogP contribution in [0.4, 0.5) is 0 Å².